The van der Waals surface area contributed by atoms with Crippen LogP contribution in [-0.2, 0) is 4.79 Å². The molecule has 1 saturated carbocycles. The largest absolute Gasteiger partial charge is 0.472 e. The van der Waals surface area contributed by atoms with Crippen molar-refractivity contribution >= 4 is 43.4 Å². The molecule has 5 nitrogen and oxygen atoms in total. The van der Waals surface area contributed by atoms with E-state index in [9.17, 15) is 4.79 Å². The lowest BCUT2D eigenvalue weighted by Crippen LogP contribution is -2.38. The third kappa shape index (κ3) is 2.60. The first-order valence-corrected chi connectivity index (χ1v) is 9.17. The number of amides is 1. The molecule has 3 heterocycles. The van der Waals surface area contributed by atoms with E-state index in [0.717, 1.165) is 39.8 Å². The van der Waals surface area contributed by atoms with Crippen molar-refractivity contribution in [2.24, 2.45) is 5.92 Å². The number of likely N-dealkylation sites (tertiary alicyclic amines) is 1. The Hall–Kier alpha value is -1.21. The highest BCUT2D eigenvalue weighted by Gasteiger charge is 2.34. The number of aromatic nitrogens is 2. The van der Waals surface area contributed by atoms with Crippen LogP contribution in [0.3, 0.4) is 0 Å². The number of carbonyl (C=O) groups excluding carboxylic acids is 1. The quantitative estimate of drug-likeness (QED) is 0.818. The van der Waals surface area contributed by atoms with Gasteiger partial charge in [0.25, 0.3) is 0 Å². The summed E-state index contributed by atoms with van der Waals surface area (Å²) in [6, 6.07) is 1.99. The van der Waals surface area contributed by atoms with Crippen LogP contribution in [0.25, 0.3) is 10.2 Å². The second-order valence-corrected chi connectivity index (χ2v) is 8.30. The van der Waals surface area contributed by atoms with Gasteiger partial charge in [-0.2, -0.15) is 0 Å². The summed E-state index contributed by atoms with van der Waals surface area (Å²) in [6.07, 6.45) is 5.73. The Morgan fingerprint density at radius 2 is 2.23 bits per heavy atom. The number of carbonyl (C=O) groups is 1. The molecule has 7 heteroatoms. The second-order valence-electron chi connectivity index (χ2n) is 5.89. The highest BCUT2D eigenvalue weighted by molar-refractivity contribution is 9.11. The number of rotatable bonds is 3. The van der Waals surface area contributed by atoms with Crippen molar-refractivity contribution in [2.75, 3.05) is 13.1 Å². The van der Waals surface area contributed by atoms with Gasteiger partial charge in [-0.3, -0.25) is 4.79 Å². The molecule has 1 saturated heterocycles. The van der Waals surface area contributed by atoms with Crippen LogP contribution in [0.2, 0.25) is 0 Å². The first-order chi connectivity index (χ1) is 10.7. The van der Waals surface area contributed by atoms with E-state index in [2.05, 4.69) is 25.9 Å². The van der Waals surface area contributed by atoms with Gasteiger partial charge in [-0.05, 0) is 34.8 Å². The second kappa shape index (κ2) is 5.77. The molecule has 0 aromatic carbocycles. The van der Waals surface area contributed by atoms with Gasteiger partial charge in [0, 0.05) is 18.9 Å². The highest BCUT2D eigenvalue weighted by Crippen LogP contribution is 2.34. The van der Waals surface area contributed by atoms with Crippen molar-refractivity contribution in [3.05, 3.63) is 16.2 Å². The zero-order valence-electron chi connectivity index (χ0n) is 12.0. The SMILES string of the molecule is O=C(C1CCC1)N1CC[C@H](Oc2ncnc3sc(Br)cc23)C1. The van der Waals surface area contributed by atoms with Crippen LogP contribution < -0.4 is 4.74 Å². The van der Waals surface area contributed by atoms with E-state index in [0.29, 0.717) is 18.3 Å². The average molecular weight is 382 g/mol. The summed E-state index contributed by atoms with van der Waals surface area (Å²) >= 11 is 5.04. The number of ether oxygens (including phenoxy) is 1. The predicted molar refractivity (Wildman–Crippen MR) is 88.1 cm³/mol. The van der Waals surface area contributed by atoms with Crippen molar-refractivity contribution in [2.45, 2.75) is 31.8 Å². The number of hydrogen-bond acceptors (Lipinski definition) is 5. The predicted octanol–water partition coefficient (Wildman–Crippen LogP) is 3.23. The molecule has 116 valence electrons. The molecule has 0 N–H and O–H groups in total. The Balaban J connectivity index is 1.46. The fourth-order valence-electron chi connectivity index (χ4n) is 2.99. The van der Waals surface area contributed by atoms with Crippen LogP contribution in [-0.4, -0.2) is 40.0 Å². The fourth-order valence-corrected chi connectivity index (χ4v) is 4.40. The molecular weight excluding hydrogens is 366 g/mol. The number of hydrogen-bond donors (Lipinski definition) is 0. The van der Waals surface area contributed by atoms with Gasteiger partial charge in [0.15, 0.2) is 0 Å². The van der Waals surface area contributed by atoms with Crippen molar-refractivity contribution < 1.29 is 9.53 Å². The first-order valence-electron chi connectivity index (χ1n) is 7.56. The molecule has 1 aliphatic carbocycles. The van der Waals surface area contributed by atoms with E-state index in [4.69, 9.17) is 4.74 Å². The molecule has 0 radical (unpaired) electrons. The molecule has 2 fully saturated rings. The standard InChI is InChI=1S/C15H16BrN3O2S/c16-12-6-11-13(17-8-18-14(11)22-12)21-10-4-5-19(7-10)15(20)9-2-1-3-9/h6,8-10H,1-5,7H2/t10-/m0/s1. The molecule has 1 amide bonds. The molecular formula is C15H16BrN3O2S. The maximum Gasteiger partial charge on any atom is 0.225 e. The van der Waals surface area contributed by atoms with Gasteiger partial charge in [-0.15, -0.1) is 11.3 Å². The molecule has 22 heavy (non-hydrogen) atoms. The van der Waals surface area contributed by atoms with Crippen molar-refractivity contribution in [3.8, 4) is 5.88 Å². The number of fused-ring (bicyclic) bond motifs is 1. The minimum absolute atomic E-state index is 0.0285. The zero-order chi connectivity index (χ0) is 15.1. The van der Waals surface area contributed by atoms with E-state index >= 15 is 0 Å². The summed E-state index contributed by atoms with van der Waals surface area (Å²) in [5.41, 5.74) is 0. The highest BCUT2D eigenvalue weighted by atomic mass is 79.9. The maximum atomic E-state index is 12.3. The van der Waals surface area contributed by atoms with Crippen LogP contribution >= 0.6 is 27.3 Å². The Labute approximate surface area is 140 Å². The molecule has 4 rings (SSSR count). The van der Waals surface area contributed by atoms with Crippen molar-refractivity contribution in [1.29, 1.82) is 0 Å². The number of halogens is 1. The Bertz CT molecular complexity index is 716. The van der Waals surface area contributed by atoms with Crippen molar-refractivity contribution in [1.82, 2.24) is 14.9 Å². The summed E-state index contributed by atoms with van der Waals surface area (Å²) in [5.74, 6) is 1.19. The molecule has 1 aliphatic heterocycles. The lowest BCUT2D eigenvalue weighted by Gasteiger charge is -2.29. The Kier molecular flexibility index (Phi) is 3.78. The van der Waals surface area contributed by atoms with Crippen LogP contribution in [0.15, 0.2) is 16.2 Å². The van der Waals surface area contributed by atoms with Crippen molar-refractivity contribution in [3.63, 3.8) is 0 Å². The minimum Gasteiger partial charge on any atom is -0.472 e. The summed E-state index contributed by atoms with van der Waals surface area (Å²) < 4.78 is 7.07. The molecule has 1 atom stereocenters. The summed E-state index contributed by atoms with van der Waals surface area (Å²) in [6.45, 7) is 1.47. The van der Waals surface area contributed by atoms with Crippen LogP contribution in [0, 0.1) is 5.92 Å². The Morgan fingerprint density at radius 1 is 1.36 bits per heavy atom. The average Bonchev–Trinajstić information content (AvgIpc) is 3.03. The zero-order valence-corrected chi connectivity index (χ0v) is 14.4. The molecule has 2 aromatic rings. The number of nitrogens with zero attached hydrogens (tertiary/aromatic N) is 3. The molecule has 0 bridgehead atoms. The van der Waals surface area contributed by atoms with Gasteiger partial charge in [-0.25, -0.2) is 9.97 Å². The van der Waals surface area contributed by atoms with E-state index in [1.54, 1.807) is 11.3 Å². The molecule has 2 aliphatic rings. The van der Waals surface area contributed by atoms with Crippen LogP contribution in [0.4, 0.5) is 0 Å². The summed E-state index contributed by atoms with van der Waals surface area (Å²) in [5, 5.41) is 0.933. The molecule has 0 spiro atoms. The van der Waals surface area contributed by atoms with Crippen LogP contribution in [0.5, 0.6) is 5.88 Å². The minimum atomic E-state index is 0.0285. The van der Waals surface area contributed by atoms with E-state index in [-0.39, 0.29) is 12.0 Å². The fraction of sp³-hybridized carbons (Fsp3) is 0.533. The van der Waals surface area contributed by atoms with Gasteiger partial charge in [0.05, 0.1) is 15.7 Å². The van der Waals surface area contributed by atoms with Gasteiger partial charge in [-0.1, -0.05) is 6.42 Å². The monoisotopic (exact) mass is 381 g/mol. The third-order valence-corrected chi connectivity index (χ3v) is 6.00. The van der Waals surface area contributed by atoms with E-state index < -0.39 is 0 Å². The van der Waals surface area contributed by atoms with E-state index in [1.165, 1.54) is 12.7 Å². The van der Waals surface area contributed by atoms with E-state index in [1.807, 2.05) is 11.0 Å². The van der Waals surface area contributed by atoms with Gasteiger partial charge in [0.1, 0.15) is 17.3 Å². The molecule has 0 unspecified atom stereocenters. The smallest absolute Gasteiger partial charge is 0.225 e. The Morgan fingerprint density at radius 3 is 3.00 bits per heavy atom. The lowest BCUT2D eigenvalue weighted by atomic mass is 9.84. The summed E-state index contributed by atoms with van der Waals surface area (Å²) in [7, 11) is 0. The third-order valence-electron chi connectivity index (χ3n) is 4.45. The first kappa shape index (κ1) is 14.4. The lowest BCUT2D eigenvalue weighted by molar-refractivity contribution is -0.137. The number of thiophene rings is 1. The normalized spacial score (nSPS) is 22.0. The van der Waals surface area contributed by atoms with Gasteiger partial charge >= 0.3 is 0 Å². The van der Waals surface area contributed by atoms with Crippen LogP contribution in [0.1, 0.15) is 25.7 Å². The maximum absolute atomic E-state index is 12.3. The van der Waals surface area contributed by atoms with Gasteiger partial charge < -0.3 is 9.64 Å². The summed E-state index contributed by atoms with van der Waals surface area (Å²) in [4.78, 5) is 23.7. The van der Waals surface area contributed by atoms with Gasteiger partial charge in [0.2, 0.25) is 11.8 Å². The molecule has 2 aromatic heterocycles. The topological polar surface area (TPSA) is 55.3 Å².